The van der Waals surface area contributed by atoms with Gasteiger partial charge in [-0.2, -0.15) is 18.0 Å². The summed E-state index contributed by atoms with van der Waals surface area (Å²) in [4.78, 5) is 2.78. The van der Waals surface area contributed by atoms with E-state index in [2.05, 4.69) is 20.3 Å². The maximum atomic E-state index is 12.4. The van der Waals surface area contributed by atoms with Gasteiger partial charge < -0.3 is 9.47 Å². The lowest BCUT2D eigenvalue weighted by molar-refractivity contribution is -0.145. The molecule has 0 spiro atoms. The van der Waals surface area contributed by atoms with E-state index in [1.165, 1.54) is 0 Å². The lowest BCUT2D eigenvalue weighted by Gasteiger charge is -2.40. The SMILES string of the molecule is CO[C@@H]1CCC[C@@H]1[C@H]1COCCN1Cc1nnn(CC(F)(F)F)n1. The molecule has 0 radical (unpaired) electrons. The summed E-state index contributed by atoms with van der Waals surface area (Å²) < 4.78 is 48.4. The Labute approximate surface area is 138 Å². The minimum absolute atomic E-state index is 0.167. The number of nitrogens with zero attached hydrogens (tertiary/aromatic N) is 5. The highest BCUT2D eigenvalue weighted by molar-refractivity contribution is 4.92. The lowest BCUT2D eigenvalue weighted by Crippen LogP contribution is -2.51. The van der Waals surface area contributed by atoms with Crippen LogP contribution >= 0.6 is 0 Å². The van der Waals surface area contributed by atoms with Gasteiger partial charge in [-0.15, -0.1) is 10.2 Å². The Morgan fingerprint density at radius 2 is 2.17 bits per heavy atom. The molecule has 0 aromatic carbocycles. The number of halogens is 3. The van der Waals surface area contributed by atoms with Crippen LogP contribution in [0.3, 0.4) is 0 Å². The zero-order chi connectivity index (χ0) is 17.2. The average Bonchev–Trinajstić information content (AvgIpc) is 3.15. The molecule has 1 aliphatic heterocycles. The van der Waals surface area contributed by atoms with Crippen molar-refractivity contribution in [1.82, 2.24) is 25.1 Å². The van der Waals surface area contributed by atoms with Crippen molar-refractivity contribution in [3.8, 4) is 0 Å². The van der Waals surface area contributed by atoms with Gasteiger partial charge in [-0.3, -0.25) is 4.90 Å². The molecule has 1 aromatic heterocycles. The van der Waals surface area contributed by atoms with Crippen LogP contribution in [-0.4, -0.2) is 70.3 Å². The first-order valence-corrected chi connectivity index (χ1v) is 8.14. The van der Waals surface area contributed by atoms with Crippen LogP contribution in [0.2, 0.25) is 0 Å². The Bertz CT molecular complexity index is 539. The molecule has 0 bridgehead atoms. The molecule has 2 heterocycles. The Morgan fingerprint density at radius 3 is 2.92 bits per heavy atom. The summed E-state index contributed by atoms with van der Waals surface area (Å²) in [5.74, 6) is 0.665. The van der Waals surface area contributed by atoms with Gasteiger partial charge in [0.1, 0.15) is 0 Å². The molecule has 1 aliphatic carbocycles. The molecule has 10 heteroatoms. The van der Waals surface area contributed by atoms with Crippen molar-refractivity contribution in [2.75, 3.05) is 26.9 Å². The van der Waals surface area contributed by atoms with E-state index in [4.69, 9.17) is 9.47 Å². The molecule has 2 aliphatic rings. The van der Waals surface area contributed by atoms with E-state index >= 15 is 0 Å². The number of hydrogen-bond acceptors (Lipinski definition) is 6. The Hall–Kier alpha value is -1.26. The number of methoxy groups -OCH3 is 1. The third-order valence-electron chi connectivity index (χ3n) is 4.74. The topological polar surface area (TPSA) is 65.3 Å². The van der Waals surface area contributed by atoms with E-state index < -0.39 is 12.7 Å². The molecule has 7 nitrogen and oxygen atoms in total. The molecule has 1 aromatic rings. The molecule has 1 saturated heterocycles. The lowest BCUT2D eigenvalue weighted by atomic mass is 9.94. The number of rotatable bonds is 5. The number of hydrogen-bond donors (Lipinski definition) is 0. The molecule has 0 N–H and O–H groups in total. The fourth-order valence-electron chi connectivity index (χ4n) is 3.68. The van der Waals surface area contributed by atoms with E-state index in [0.29, 0.717) is 42.8 Å². The maximum Gasteiger partial charge on any atom is 0.409 e. The van der Waals surface area contributed by atoms with Crippen LogP contribution in [0.15, 0.2) is 0 Å². The van der Waals surface area contributed by atoms with E-state index in [1.807, 2.05) is 0 Å². The third kappa shape index (κ3) is 4.22. The van der Waals surface area contributed by atoms with Gasteiger partial charge in [0.2, 0.25) is 0 Å². The molecular formula is C14H22F3N5O2. The molecule has 3 rings (SSSR count). The molecular weight excluding hydrogens is 327 g/mol. The normalized spacial score (nSPS) is 29.2. The Morgan fingerprint density at radius 1 is 1.33 bits per heavy atom. The predicted octanol–water partition coefficient (Wildman–Crippen LogP) is 1.25. The predicted molar refractivity (Wildman–Crippen MR) is 77.0 cm³/mol. The number of morpholine rings is 1. The van der Waals surface area contributed by atoms with Crippen molar-refractivity contribution >= 4 is 0 Å². The van der Waals surface area contributed by atoms with Crippen molar-refractivity contribution in [3.05, 3.63) is 5.82 Å². The fraction of sp³-hybridized carbons (Fsp3) is 0.929. The zero-order valence-electron chi connectivity index (χ0n) is 13.6. The number of tetrazole rings is 1. The summed E-state index contributed by atoms with van der Waals surface area (Å²) >= 11 is 0. The van der Waals surface area contributed by atoms with Crippen LogP contribution in [0.5, 0.6) is 0 Å². The van der Waals surface area contributed by atoms with E-state index in [-0.39, 0.29) is 12.1 Å². The van der Waals surface area contributed by atoms with Crippen LogP contribution in [0, 0.1) is 5.92 Å². The molecule has 2 fully saturated rings. The Kier molecular flexibility index (Phi) is 5.36. The highest BCUT2D eigenvalue weighted by atomic mass is 19.4. The van der Waals surface area contributed by atoms with Gasteiger partial charge in [-0.1, -0.05) is 6.42 Å². The van der Waals surface area contributed by atoms with Crippen molar-refractivity contribution in [2.24, 2.45) is 5.92 Å². The van der Waals surface area contributed by atoms with E-state index in [9.17, 15) is 13.2 Å². The smallest absolute Gasteiger partial charge is 0.381 e. The zero-order valence-corrected chi connectivity index (χ0v) is 13.6. The average molecular weight is 349 g/mol. The summed E-state index contributed by atoms with van der Waals surface area (Å²) in [6, 6.07) is 0.167. The molecule has 3 atom stereocenters. The fourth-order valence-corrected chi connectivity index (χ4v) is 3.68. The number of alkyl halides is 3. The first kappa shape index (κ1) is 17.6. The minimum Gasteiger partial charge on any atom is -0.381 e. The molecule has 1 saturated carbocycles. The second-order valence-corrected chi connectivity index (χ2v) is 6.33. The van der Waals surface area contributed by atoms with Crippen molar-refractivity contribution < 1.29 is 22.6 Å². The summed E-state index contributed by atoms with van der Waals surface area (Å²) in [5.41, 5.74) is 0. The van der Waals surface area contributed by atoms with E-state index in [1.54, 1.807) is 7.11 Å². The summed E-state index contributed by atoms with van der Waals surface area (Å²) in [6.45, 7) is 1.05. The van der Waals surface area contributed by atoms with Crippen LogP contribution in [0.25, 0.3) is 0 Å². The van der Waals surface area contributed by atoms with Gasteiger partial charge in [0.25, 0.3) is 0 Å². The van der Waals surface area contributed by atoms with Gasteiger partial charge in [0.15, 0.2) is 12.4 Å². The summed E-state index contributed by atoms with van der Waals surface area (Å²) in [5, 5.41) is 11.1. The number of ether oxygens (including phenoxy) is 2. The van der Waals surface area contributed by atoms with Gasteiger partial charge in [0.05, 0.1) is 25.9 Å². The number of aromatic nitrogens is 4. The van der Waals surface area contributed by atoms with E-state index in [0.717, 1.165) is 19.3 Å². The Balaban J connectivity index is 1.66. The highest BCUT2D eigenvalue weighted by Crippen LogP contribution is 2.34. The maximum absolute atomic E-state index is 12.4. The van der Waals surface area contributed by atoms with Gasteiger partial charge >= 0.3 is 6.18 Å². The van der Waals surface area contributed by atoms with Crippen LogP contribution in [0.1, 0.15) is 25.1 Å². The van der Waals surface area contributed by atoms with Crippen molar-refractivity contribution in [1.29, 1.82) is 0 Å². The quantitative estimate of drug-likeness (QED) is 0.797. The van der Waals surface area contributed by atoms with Crippen LogP contribution < -0.4 is 0 Å². The second kappa shape index (κ2) is 7.32. The largest absolute Gasteiger partial charge is 0.409 e. The highest BCUT2D eigenvalue weighted by Gasteiger charge is 2.39. The van der Waals surface area contributed by atoms with Gasteiger partial charge in [0, 0.05) is 25.6 Å². The van der Waals surface area contributed by atoms with Crippen molar-refractivity contribution in [3.63, 3.8) is 0 Å². The monoisotopic (exact) mass is 349 g/mol. The third-order valence-corrected chi connectivity index (χ3v) is 4.74. The molecule has 0 amide bonds. The molecule has 24 heavy (non-hydrogen) atoms. The summed E-state index contributed by atoms with van der Waals surface area (Å²) in [6.07, 6.45) is -0.932. The molecule has 0 unspecified atom stereocenters. The standard InChI is InChI=1S/C14H22F3N5O2/c1-23-12-4-2-3-10(12)11-8-24-6-5-21(11)7-13-18-20-22(19-13)9-14(15,16)17/h10-12H,2-9H2,1H3/t10-,11-,12-/m1/s1. The van der Waals surface area contributed by atoms with Gasteiger partial charge in [-0.25, -0.2) is 0 Å². The minimum atomic E-state index is -4.35. The first-order valence-electron chi connectivity index (χ1n) is 8.14. The summed E-state index contributed by atoms with van der Waals surface area (Å²) in [7, 11) is 1.72. The van der Waals surface area contributed by atoms with Crippen molar-refractivity contribution in [2.45, 2.75) is 50.7 Å². The van der Waals surface area contributed by atoms with Gasteiger partial charge in [-0.05, 0) is 18.1 Å². The second-order valence-electron chi connectivity index (χ2n) is 6.33. The van der Waals surface area contributed by atoms with Crippen LogP contribution in [-0.2, 0) is 22.6 Å². The first-order chi connectivity index (χ1) is 11.5. The molecule has 136 valence electrons. The van der Waals surface area contributed by atoms with Crippen LogP contribution in [0.4, 0.5) is 13.2 Å².